The van der Waals surface area contributed by atoms with Crippen LogP contribution in [0, 0.1) is 51.2 Å². The average Bonchev–Trinajstić information content (AvgIpc) is 1.19. The number of rotatable bonds is 11. The van der Waals surface area contributed by atoms with Crippen LogP contribution < -0.4 is 0 Å². The van der Waals surface area contributed by atoms with E-state index in [-0.39, 0.29) is 129 Å². The Kier molecular flexibility index (Phi) is 55.9. The number of allylic oxidation sites excluding steroid dienone is 4. The van der Waals surface area contributed by atoms with Crippen molar-refractivity contribution in [3.8, 4) is 23.3 Å². The second kappa shape index (κ2) is 53.4. The number of benzene rings is 4. The number of fused-ring (bicyclic) bond motifs is 1. The molecule has 2 aliphatic rings. The summed E-state index contributed by atoms with van der Waals surface area (Å²) in [4.78, 5) is 77.6. The van der Waals surface area contributed by atoms with Crippen molar-refractivity contribution in [2.45, 2.75) is 238 Å². The molecule has 0 amide bonds. The number of hydrogen-bond donors (Lipinski definition) is 3. The maximum atomic E-state index is 12.4. The molecule has 5 aromatic rings. The van der Waals surface area contributed by atoms with Gasteiger partial charge in [0.15, 0.2) is 46.2 Å². The van der Waals surface area contributed by atoms with Crippen molar-refractivity contribution < 1.29 is 73.6 Å². The molecule has 0 atom stereocenters. The van der Waals surface area contributed by atoms with Gasteiger partial charge in [0, 0.05) is 94.5 Å². The summed E-state index contributed by atoms with van der Waals surface area (Å²) in [7, 11) is -3.53. The molecule has 554 valence electrons. The van der Waals surface area contributed by atoms with Crippen LogP contribution in [0.15, 0.2) is 114 Å². The predicted molar refractivity (Wildman–Crippen MR) is 411 cm³/mol. The third-order valence-electron chi connectivity index (χ3n) is 12.9. The largest absolute Gasteiger partial charge is 0.508 e. The molecule has 1 heterocycles. The summed E-state index contributed by atoms with van der Waals surface area (Å²) in [5.74, 6) is -0.0567. The number of carbonyl (C=O) groups is 6. The third kappa shape index (κ3) is 41.2. The minimum Gasteiger partial charge on any atom is -0.508 e. The Morgan fingerprint density at radius 3 is 1.38 bits per heavy atom. The summed E-state index contributed by atoms with van der Waals surface area (Å²) in [6, 6.07) is 24.2. The number of Topliss-reactive ketones (excluding diaryl/α,β-unsaturated/α-hetero) is 6. The van der Waals surface area contributed by atoms with Crippen molar-refractivity contribution >= 4 is 67.7 Å². The molecule has 1 aromatic heterocycles. The van der Waals surface area contributed by atoms with Gasteiger partial charge in [0.1, 0.15) is 11.4 Å². The number of phenols is 3. The van der Waals surface area contributed by atoms with Crippen molar-refractivity contribution in [1.29, 1.82) is 5.26 Å². The van der Waals surface area contributed by atoms with E-state index in [9.17, 15) is 37.2 Å². The van der Waals surface area contributed by atoms with Crippen molar-refractivity contribution in [2.75, 3.05) is 6.26 Å². The van der Waals surface area contributed by atoms with Crippen molar-refractivity contribution in [1.82, 2.24) is 9.97 Å². The summed E-state index contributed by atoms with van der Waals surface area (Å²) < 4.78 is 22.4. The first-order chi connectivity index (χ1) is 45.5. The Labute approximate surface area is 622 Å². The number of hydrogen-bond acceptors (Lipinski definition) is 14. The summed E-state index contributed by atoms with van der Waals surface area (Å²) in [5.41, 5.74) is 6.57. The van der Waals surface area contributed by atoms with E-state index in [1.807, 2.05) is 220 Å². The minimum atomic E-state index is -3.53. The Morgan fingerprint density at radius 1 is 0.576 bits per heavy atom. The van der Waals surface area contributed by atoms with Crippen molar-refractivity contribution in [3.05, 3.63) is 164 Å². The van der Waals surface area contributed by atoms with Crippen LogP contribution in [0.5, 0.6) is 17.2 Å². The standard InChI is InChI=1S/C15H19ClO.C13H18O.C10H12O3.C10H12O2.C10H14O.C9H11ClN2O3S.C4H7N.5C2H6.W/c1-15(2,3)14(17)13-9-11(16)8-10-6-4-5-7-12(10)13;1-5-10-6-8-11(9-7-10)12(14)13(2,3)4;1-6(2)10(13)7-3-4-8(11)9(12)5-7;1-7(2)10(12)8-3-5-9(11)6-4-8;1-10(2,3)9(11)8-6-4-5-7-8;1-5(2)8(13)7-6(10)4-11-9(12-7)16(3,14)15;1-4(2)3-5;5*1-2;/h8-9H,4-7H2,1-3H3;6-9H,5H2,1-4H3;3-6,11-12H,1-2H3;3-7,11H,1-2H3;4-6H,7H2,1-3H3;4-5H,1-3H3;4H,1-2H3;5*1-2H3;. The maximum absolute atomic E-state index is 12.4. The molecular weight excluding hydrogens is 1480 g/mol. The zero-order chi connectivity index (χ0) is 77.8. The van der Waals surface area contributed by atoms with Crippen LogP contribution >= 0.6 is 23.2 Å². The van der Waals surface area contributed by atoms with Gasteiger partial charge in [0.2, 0.25) is 15.0 Å². The molecule has 99 heavy (non-hydrogen) atoms. The zero-order valence-electron chi connectivity index (χ0n) is 65.4. The average molecular weight is 1600 g/mol. The number of nitrogens with zero attached hydrogens (tertiary/aromatic N) is 3. The van der Waals surface area contributed by atoms with Crippen LogP contribution in [0.25, 0.3) is 0 Å². The van der Waals surface area contributed by atoms with Gasteiger partial charge in [-0.05, 0) is 129 Å². The number of nitriles is 1. The van der Waals surface area contributed by atoms with E-state index < -0.39 is 9.84 Å². The fourth-order valence-electron chi connectivity index (χ4n) is 7.80. The third-order valence-corrected chi connectivity index (χ3v) is 14.3. The molecule has 0 fully saturated rings. The number of halogens is 2. The van der Waals surface area contributed by atoms with Crippen molar-refractivity contribution in [2.24, 2.45) is 39.9 Å². The molecule has 3 N–H and O–H groups in total. The molecule has 2 aliphatic carbocycles. The fourth-order valence-corrected chi connectivity index (χ4v) is 8.73. The Morgan fingerprint density at radius 2 is 1.00 bits per heavy atom. The van der Waals surface area contributed by atoms with Gasteiger partial charge in [-0.15, -0.1) is 0 Å². The van der Waals surface area contributed by atoms with E-state index >= 15 is 0 Å². The van der Waals surface area contributed by atoms with E-state index in [2.05, 4.69) is 16.9 Å². The molecule has 0 saturated heterocycles. The van der Waals surface area contributed by atoms with E-state index in [0.717, 1.165) is 54.8 Å². The van der Waals surface area contributed by atoms with Gasteiger partial charge in [-0.3, -0.25) is 28.8 Å². The first-order valence-corrected chi connectivity index (χ1v) is 37.1. The van der Waals surface area contributed by atoms with Gasteiger partial charge >= 0.3 is 0 Å². The molecule has 4 aromatic carbocycles. The van der Waals surface area contributed by atoms with E-state index in [0.29, 0.717) is 16.1 Å². The van der Waals surface area contributed by atoms with E-state index in [1.54, 1.807) is 39.8 Å². The number of aromatic nitrogens is 2. The van der Waals surface area contributed by atoms with Gasteiger partial charge < -0.3 is 15.3 Å². The monoisotopic (exact) mass is 1600 g/mol. The smallest absolute Gasteiger partial charge is 0.247 e. The zero-order valence-corrected chi connectivity index (χ0v) is 70.7. The SMILES string of the molecule is CC.CC.CC.CC.CC.CC(C)(C)C(=O)C1=CC=CC1.CC(C)(C)C(=O)c1cc(Cl)cc2c1CCCC2.CC(C)C#N.CC(C)C(=O)c1ccc(O)c(O)c1.CC(C)C(=O)c1ccc(O)cc1.CC(C)C(=O)c1nc(S(C)(=O)=O)ncc1Cl.CCc1ccc(C(=O)C(C)(C)C)cc1.[W]. The van der Waals surface area contributed by atoms with Gasteiger partial charge in [-0.1, -0.05) is 246 Å². The number of phenolic OH excluding ortho intramolecular Hbond substituents is 3. The Hall–Kier alpha value is -6.43. The summed E-state index contributed by atoms with van der Waals surface area (Å²) in [6.07, 6.45) is 14.3. The Bertz CT molecular complexity index is 3420. The second-order valence-corrected chi connectivity index (χ2v) is 28.4. The first-order valence-electron chi connectivity index (χ1n) is 34.5. The van der Waals surface area contributed by atoms with Gasteiger partial charge in [0.05, 0.1) is 17.3 Å². The molecule has 7 rings (SSSR count). The van der Waals surface area contributed by atoms with Crippen LogP contribution in [0.1, 0.15) is 282 Å². The number of aryl methyl sites for hydroxylation is 2. The fraction of sp³-hybridized carbons (Fsp3) is 0.519. The van der Waals surface area contributed by atoms with Crippen LogP contribution in [-0.4, -0.2) is 74.7 Å². The van der Waals surface area contributed by atoms with Gasteiger partial charge in [-0.25, -0.2) is 18.4 Å². The predicted octanol–water partition coefficient (Wildman–Crippen LogP) is 22.2. The minimum absolute atomic E-state index is 0. The second-order valence-electron chi connectivity index (χ2n) is 25.6. The van der Waals surface area contributed by atoms with Crippen LogP contribution in [-0.2, 0) is 55.0 Å². The van der Waals surface area contributed by atoms with Crippen LogP contribution in [0.2, 0.25) is 10.0 Å². The quantitative estimate of drug-likeness (QED) is 0.0632. The molecule has 0 radical (unpaired) electrons. The summed E-state index contributed by atoms with van der Waals surface area (Å²) in [5, 5.41) is 35.4. The number of ketones is 6. The van der Waals surface area contributed by atoms with E-state index in [1.165, 1.54) is 59.9 Å². The molecular formula is C81H123Cl2N3O11SW. The molecule has 0 saturated carbocycles. The first kappa shape index (κ1) is 104. The maximum Gasteiger partial charge on any atom is 0.247 e. The summed E-state index contributed by atoms with van der Waals surface area (Å²) >= 11 is 11.9. The number of aromatic hydroxyl groups is 3. The normalized spacial score (nSPS) is 11.4. The Balaban J connectivity index is -0.000000252. The number of carbonyl (C=O) groups excluding carboxylic acids is 6. The topological polar surface area (TPSA) is 247 Å². The molecule has 14 nitrogen and oxygen atoms in total. The molecule has 0 bridgehead atoms. The summed E-state index contributed by atoms with van der Waals surface area (Å²) in [6.45, 7) is 54.1. The van der Waals surface area contributed by atoms with Gasteiger partial charge in [0.25, 0.3) is 0 Å². The van der Waals surface area contributed by atoms with Crippen LogP contribution in [0.3, 0.4) is 0 Å². The molecule has 18 heteroatoms. The van der Waals surface area contributed by atoms with Gasteiger partial charge in [-0.2, -0.15) is 5.26 Å². The molecule has 0 unspecified atom stereocenters. The molecule has 0 spiro atoms. The van der Waals surface area contributed by atoms with E-state index in [4.69, 9.17) is 43.8 Å². The van der Waals surface area contributed by atoms with Crippen LogP contribution in [0.4, 0.5) is 0 Å². The molecule has 0 aliphatic heterocycles. The number of sulfone groups is 1. The van der Waals surface area contributed by atoms with Crippen molar-refractivity contribution in [3.63, 3.8) is 0 Å².